The average Bonchev–Trinajstić information content (AvgIpc) is 2.86. The highest BCUT2D eigenvalue weighted by molar-refractivity contribution is 5.97. The van der Waals surface area contributed by atoms with Crippen molar-refractivity contribution in [2.45, 2.75) is 36.4 Å². The van der Waals surface area contributed by atoms with E-state index in [-0.39, 0.29) is 12.2 Å². The molecule has 0 aromatic heterocycles. The number of carbonyl (C=O) groups is 1. The first-order valence-electron chi connectivity index (χ1n) is 10.7. The first-order chi connectivity index (χ1) is 15.9. The Balaban J connectivity index is 1.60. The van der Waals surface area contributed by atoms with Gasteiger partial charge in [-0.25, -0.2) is 0 Å². The molecule has 0 spiro atoms. The molecule has 0 amide bonds. The van der Waals surface area contributed by atoms with Crippen molar-refractivity contribution in [1.29, 1.82) is 0 Å². The smallest absolute Gasteiger partial charge is 0.224 e. The van der Waals surface area contributed by atoms with Gasteiger partial charge in [-0.2, -0.15) is 0 Å². The molecule has 2 unspecified atom stereocenters. The third kappa shape index (κ3) is 4.60. The summed E-state index contributed by atoms with van der Waals surface area (Å²) in [5, 5.41) is 43.2. The predicted octanol–water partition coefficient (Wildman–Crippen LogP) is 2.42. The lowest BCUT2D eigenvalue weighted by atomic mass is 9.76. The molecule has 33 heavy (non-hydrogen) atoms. The van der Waals surface area contributed by atoms with Gasteiger partial charge in [0, 0.05) is 6.42 Å². The van der Waals surface area contributed by atoms with Gasteiger partial charge in [0.2, 0.25) is 11.4 Å². The maximum atomic E-state index is 13.3. The van der Waals surface area contributed by atoms with Crippen LogP contribution < -0.4 is 0 Å². The summed E-state index contributed by atoms with van der Waals surface area (Å²) < 4.78 is 5.79. The van der Waals surface area contributed by atoms with Crippen LogP contribution in [0.3, 0.4) is 0 Å². The molecule has 0 aliphatic carbocycles. The van der Waals surface area contributed by atoms with E-state index in [1.54, 1.807) is 78.9 Å². The van der Waals surface area contributed by atoms with Crippen LogP contribution in [0, 0.1) is 0 Å². The van der Waals surface area contributed by atoms with Gasteiger partial charge in [-0.3, -0.25) is 4.79 Å². The largest absolute Gasteiger partial charge is 0.482 e. The van der Waals surface area contributed by atoms with Crippen molar-refractivity contribution >= 4 is 11.9 Å². The van der Waals surface area contributed by atoms with Crippen LogP contribution in [-0.4, -0.2) is 50.1 Å². The zero-order chi connectivity index (χ0) is 23.4. The van der Waals surface area contributed by atoms with E-state index in [1.165, 1.54) is 6.08 Å². The Morgan fingerprint density at radius 1 is 0.879 bits per heavy atom. The van der Waals surface area contributed by atoms with Gasteiger partial charge in [0.05, 0.1) is 6.10 Å². The molecule has 6 heteroatoms. The molecule has 1 aliphatic rings. The molecule has 6 nitrogen and oxygen atoms in total. The number of benzene rings is 3. The molecular weight excluding hydrogens is 420 g/mol. The number of hydrogen-bond donors (Lipinski definition) is 4. The third-order valence-corrected chi connectivity index (χ3v) is 5.85. The topological polar surface area (TPSA) is 107 Å². The number of carbonyl (C=O) groups excluding carboxylic acids is 1. The second-order valence-corrected chi connectivity index (χ2v) is 8.15. The SMILES string of the molecule is O=C([C@H](O)[C@H](O)C(O)Cc1ccccc1)[C@@]1(O)C(=Cc2ccccc2)OC1c1ccccc1. The highest BCUT2D eigenvalue weighted by Gasteiger charge is 2.61. The first-order valence-corrected chi connectivity index (χ1v) is 10.7. The summed E-state index contributed by atoms with van der Waals surface area (Å²) in [6.45, 7) is 0. The summed E-state index contributed by atoms with van der Waals surface area (Å²) in [4.78, 5) is 13.3. The number of aliphatic hydroxyl groups excluding tert-OH is 3. The first kappa shape index (κ1) is 22.9. The zero-order valence-corrected chi connectivity index (χ0v) is 17.9. The van der Waals surface area contributed by atoms with E-state index in [0.717, 1.165) is 5.56 Å². The Kier molecular flexibility index (Phi) is 6.72. The van der Waals surface area contributed by atoms with Crippen LogP contribution >= 0.6 is 0 Å². The van der Waals surface area contributed by atoms with Crippen molar-refractivity contribution in [3.63, 3.8) is 0 Å². The lowest BCUT2D eigenvalue weighted by molar-refractivity contribution is -0.203. The Labute approximate surface area is 192 Å². The van der Waals surface area contributed by atoms with Crippen LogP contribution in [0.4, 0.5) is 0 Å². The molecule has 1 heterocycles. The molecule has 0 radical (unpaired) electrons. The zero-order valence-electron chi connectivity index (χ0n) is 17.9. The Hall–Kier alpha value is -3.29. The van der Waals surface area contributed by atoms with Crippen LogP contribution in [0.1, 0.15) is 22.8 Å². The average molecular weight is 446 g/mol. The minimum Gasteiger partial charge on any atom is -0.482 e. The van der Waals surface area contributed by atoms with Crippen LogP contribution in [0.2, 0.25) is 0 Å². The fourth-order valence-corrected chi connectivity index (χ4v) is 3.97. The summed E-state index contributed by atoms with van der Waals surface area (Å²) in [6.07, 6.45) is -4.73. The maximum Gasteiger partial charge on any atom is 0.224 e. The Morgan fingerprint density at radius 2 is 1.42 bits per heavy atom. The molecule has 170 valence electrons. The van der Waals surface area contributed by atoms with Crippen LogP contribution in [0.15, 0.2) is 96.8 Å². The summed E-state index contributed by atoms with van der Waals surface area (Å²) >= 11 is 0. The van der Waals surface area contributed by atoms with Gasteiger partial charge >= 0.3 is 0 Å². The molecule has 5 atom stereocenters. The van der Waals surface area contributed by atoms with Gasteiger partial charge in [-0.15, -0.1) is 0 Å². The number of Topliss-reactive ketones (excluding diaryl/α,β-unsaturated/α-hetero) is 1. The van der Waals surface area contributed by atoms with Gasteiger partial charge < -0.3 is 25.2 Å². The normalized spacial score (nSPS) is 23.8. The molecule has 0 saturated carbocycles. The molecule has 4 N–H and O–H groups in total. The second-order valence-electron chi connectivity index (χ2n) is 8.15. The van der Waals surface area contributed by atoms with Crippen molar-refractivity contribution in [2.75, 3.05) is 0 Å². The van der Waals surface area contributed by atoms with Gasteiger partial charge in [0.1, 0.15) is 18.0 Å². The summed E-state index contributed by atoms with van der Waals surface area (Å²) in [5.41, 5.74) is -0.222. The second kappa shape index (κ2) is 9.68. The van der Waals surface area contributed by atoms with Gasteiger partial charge in [0.25, 0.3) is 0 Å². The van der Waals surface area contributed by atoms with E-state index in [9.17, 15) is 25.2 Å². The summed E-state index contributed by atoms with van der Waals surface area (Å²) in [6, 6.07) is 26.6. The molecule has 3 aromatic carbocycles. The van der Waals surface area contributed by atoms with Crippen molar-refractivity contribution in [2.24, 2.45) is 0 Å². The fourth-order valence-electron chi connectivity index (χ4n) is 3.97. The number of ketones is 1. The number of aliphatic hydroxyl groups is 4. The maximum absolute atomic E-state index is 13.3. The van der Waals surface area contributed by atoms with E-state index in [4.69, 9.17) is 4.74 Å². The van der Waals surface area contributed by atoms with E-state index in [0.29, 0.717) is 11.1 Å². The monoisotopic (exact) mass is 446 g/mol. The van der Waals surface area contributed by atoms with E-state index in [2.05, 4.69) is 0 Å². The predicted molar refractivity (Wildman–Crippen MR) is 123 cm³/mol. The minimum absolute atomic E-state index is 0.0312. The van der Waals surface area contributed by atoms with Gasteiger partial charge in [-0.1, -0.05) is 91.0 Å². The lowest BCUT2D eigenvalue weighted by Crippen LogP contribution is -2.62. The van der Waals surface area contributed by atoms with Gasteiger partial charge in [0.15, 0.2) is 6.10 Å². The summed E-state index contributed by atoms with van der Waals surface area (Å²) in [7, 11) is 0. The highest BCUT2D eigenvalue weighted by Crippen LogP contribution is 2.49. The molecule has 0 bridgehead atoms. The third-order valence-electron chi connectivity index (χ3n) is 5.85. The number of hydrogen-bond acceptors (Lipinski definition) is 6. The van der Waals surface area contributed by atoms with E-state index < -0.39 is 35.8 Å². The molecule has 3 aromatic rings. The lowest BCUT2D eigenvalue weighted by Gasteiger charge is -2.47. The van der Waals surface area contributed by atoms with E-state index >= 15 is 0 Å². The molecule has 1 fully saturated rings. The quantitative estimate of drug-likeness (QED) is 0.423. The van der Waals surface area contributed by atoms with Crippen LogP contribution in [0.5, 0.6) is 0 Å². The van der Waals surface area contributed by atoms with Gasteiger partial charge in [-0.05, 0) is 22.8 Å². The molecular formula is C27H26O6. The van der Waals surface area contributed by atoms with Crippen molar-refractivity contribution in [1.82, 2.24) is 0 Å². The van der Waals surface area contributed by atoms with E-state index in [1.807, 2.05) is 12.1 Å². The Bertz CT molecular complexity index is 1100. The van der Waals surface area contributed by atoms with Crippen LogP contribution in [0.25, 0.3) is 6.08 Å². The number of ether oxygens (including phenoxy) is 1. The van der Waals surface area contributed by atoms with Crippen molar-refractivity contribution in [3.05, 3.63) is 113 Å². The highest BCUT2D eigenvalue weighted by atomic mass is 16.6. The standard InChI is InChI=1S/C27H26O6/c28-21(16-18-10-4-1-5-11-18)23(29)24(30)25(31)27(32)22(17-19-12-6-2-7-13-19)33-26(27)20-14-8-3-9-15-20/h1-15,17,21,23-24,26,28-30,32H,16H2/t21?,23-,24-,26?,27+/m1/s1. The van der Waals surface area contributed by atoms with Crippen LogP contribution in [-0.2, 0) is 16.0 Å². The van der Waals surface area contributed by atoms with Crippen molar-refractivity contribution < 1.29 is 30.0 Å². The summed E-state index contributed by atoms with van der Waals surface area (Å²) in [5.74, 6) is -1.07. The fraction of sp³-hybridized carbons (Fsp3) is 0.222. The molecule has 1 aliphatic heterocycles. The minimum atomic E-state index is -2.20. The Morgan fingerprint density at radius 3 is 2.03 bits per heavy atom. The molecule has 1 saturated heterocycles. The van der Waals surface area contributed by atoms with Crippen molar-refractivity contribution in [3.8, 4) is 0 Å². The number of rotatable bonds is 8. The molecule has 4 rings (SSSR count).